The molecule has 1 aliphatic rings. The van der Waals surface area contributed by atoms with Crippen LogP contribution in [0.3, 0.4) is 0 Å². The molecule has 0 spiro atoms. The molecule has 23 heavy (non-hydrogen) atoms. The number of pyridine rings is 1. The molecule has 0 radical (unpaired) electrons. The number of aromatic nitrogens is 1. The highest BCUT2D eigenvalue weighted by Crippen LogP contribution is 2.18. The molecule has 2 N–H and O–H groups in total. The average Bonchev–Trinajstić information content (AvgIpc) is 2.95. The Morgan fingerprint density at radius 1 is 1.22 bits per heavy atom. The summed E-state index contributed by atoms with van der Waals surface area (Å²) in [6, 6.07) is 14.8. The van der Waals surface area contributed by atoms with Crippen LogP contribution in [0.4, 0.5) is 5.69 Å². The van der Waals surface area contributed by atoms with Crippen LogP contribution in [0.15, 0.2) is 54.7 Å². The van der Waals surface area contributed by atoms with E-state index in [4.69, 9.17) is 4.65 Å². The zero-order valence-electron chi connectivity index (χ0n) is 12.2. The van der Waals surface area contributed by atoms with Crippen molar-refractivity contribution in [2.45, 2.75) is 6.61 Å². The first-order valence-corrected chi connectivity index (χ1v) is 7.29. The van der Waals surface area contributed by atoms with E-state index in [9.17, 15) is 9.82 Å². The molecule has 4 rings (SSSR count). The minimum Gasteiger partial charge on any atom is -0.423 e. The van der Waals surface area contributed by atoms with Crippen molar-refractivity contribution in [1.29, 1.82) is 0 Å². The van der Waals surface area contributed by atoms with Crippen molar-refractivity contribution < 1.29 is 14.5 Å². The van der Waals surface area contributed by atoms with Gasteiger partial charge in [-0.3, -0.25) is 9.78 Å². The first-order valence-electron chi connectivity index (χ1n) is 7.29. The van der Waals surface area contributed by atoms with E-state index in [-0.39, 0.29) is 5.91 Å². The SMILES string of the molecule is O=C(Nc1cnc2ccccc2c1)c1ccc2c(c1)COB2O. The Hall–Kier alpha value is -2.70. The summed E-state index contributed by atoms with van der Waals surface area (Å²) in [4.78, 5) is 16.7. The number of nitrogens with zero attached hydrogens (tertiary/aromatic N) is 1. The topological polar surface area (TPSA) is 71.5 Å². The molecule has 0 aliphatic carbocycles. The number of carbonyl (C=O) groups excluding carboxylic acids is 1. The Balaban J connectivity index is 1.59. The van der Waals surface area contributed by atoms with Gasteiger partial charge in [-0.25, -0.2) is 0 Å². The lowest BCUT2D eigenvalue weighted by Crippen LogP contribution is -2.28. The van der Waals surface area contributed by atoms with Crippen molar-refractivity contribution in [3.63, 3.8) is 0 Å². The van der Waals surface area contributed by atoms with Crippen molar-refractivity contribution in [2.75, 3.05) is 5.32 Å². The third kappa shape index (κ3) is 2.58. The lowest BCUT2D eigenvalue weighted by atomic mass is 9.79. The molecule has 1 aromatic heterocycles. The minimum absolute atomic E-state index is 0.216. The number of benzene rings is 2. The average molecular weight is 304 g/mol. The molecule has 2 aromatic carbocycles. The number of hydrogen-bond donors (Lipinski definition) is 2. The number of anilines is 1. The van der Waals surface area contributed by atoms with Crippen LogP contribution in [0, 0.1) is 0 Å². The summed E-state index contributed by atoms with van der Waals surface area (Å²) < 4.78 is 5.14. The molecule has 2 heterocycles. The van der Waals surface area contributed by atoms with Gasteiger partial charge in [-0.15, -0.1) is 0 Å². The van der Waals surface area contributed by atoms with Crippen molar-refractivity contribution in [1.82, 2.24) is 4.98 Å². The van der Waals surface area contributed by atoms with E-state index in [0.717, 1.165) is 16.5 Å². The van der Waals surface area contributed by atoms with Gasteiger partial charge >= 0.3 is 7.12 Å². The molecule has 6 heteroatoms. The molecule has 5 nitrogen and oxygen atoms in total. The lowest BCUT2D eigenvalue weighted by Gasteiger charge is -2.07. The third-order valence-corrected chi connectivity index (χ3v) is 3.92. The predicted molar refractivity (Wildman–Crippen MR) is 88.5 cm³/mol. The molecule has 0 atom stereocenters. The summed E-state index contributed by atoms with van der Waals surface area (Å²) in [7, 11) is -0.896. The molecule has 0 saturated heterocycles. The van der Waals surface area contributed by atoms with Crippen LogP contribution in [0.1, 0.15) is 15.9 Å². The summed E-state index contributed by atoms with van der Waals surface area (Å²) in [5, 5.41) is 13.4. The van der Waals surface area contributed by atoms with E-state index in [0.29, 0.717) is 23.3 Å². The van der Waals surface area contributed by atoms with Crippen LogP contribution >= 0.6 is 0 Å². The van der Waals surface area contributed by atoms with Gasteiger partial charge < -0.3 is 15.0 Å². The molecular formula is C17H13BN2O3. The zero-order chi connectivity index (χ0) is 15.8. The molecule has 3 aromatic rings. The van der Waals surface area contributed by atoms with Crippen molar-refractivity contribution in [3.8, 4) is 0 Å². The first-order chi connectivity index (χ1) is 11.2. The summed E-state index contributed by atoms with van der Waals surface area (Å²) in [6.45, 7) is 0.315. The molecule has 1 aliphatic heterocycles. The van der Waals surface area contributed by atoms with Gasteiger partial charge in [0.1, 0.15) is 0 Å². The number of rotatable bonds is 2. The van der Waals surface area contributed by atoms with Crippen LogP contribution in [-0.4, -0.2) is 23.0 Å². The summed E-state index contributed by atoms with van der Waals surface area (Å²) in [5.41, 5.74) is 3.60. The highest BCUT2D eigenvalue weighted by Gasteiger charge is 2.27. The van der Waals surface area contributed by atoms with E-state index in [1.807, 2.05) is 30.3 Å². The van der Waals surface area contributed by atoms with Crippen LogP contribution in [0.2, 0.25) is 0 Å². The molecule has 0 fully saturated rings. The van der Waals surface area contributed by atoms with E-state index in [2.05, 4.69) is 10.3 Å². The second-order valence-corrected chi connectivity index (χ2v) is 5.45. The van der Waals surface area contributed by atoms with E-state index < -0.39 is 7.12 Å². The smallest absolute Gasteiger partial charge is 0.423 e. The van der Waals surface area contributed by atoms with Crippen LogP contribution in [0.5, 0.6) is 0 Å². The number of nitrogens with one attached hydrogen (secondary N) is 1. The Kier molecular flexibility index (Phi) is 3.33. The number of carbonyl (C=O) groups is 1. The number of para-hydroxylation sites is 1. The van der Waals surface area contributed by atoms with Crippen LogP contribution in [0.25, 0.3) is 10.9 Å². The maximum absolute atomic E-state index is 12.4. The van der Waals surface area contributed by atoms with Gasteiger partial charge in [0.2, 0.25) is 0 Å². The van der Waals surface area contributed by atoms with Crippen molar-refractivity contribution in [3.05, 3.63) is 65.9 Å². The van der Waals surface area contributed by atoms with Crippen molar-refractivity contribution >= 4 is 35.1 Å². The third-order valence-electron chi connectivity index (χ3n) is 3.92. The van der Waals surface area contributed by atoms with Gasteiger partial charge in [0.25, 0.3) is 5.91 Å². The lowest BCUT2D eigenvalue weighted by molar-refractivity contribution is 0.102. The quantitative estimate of drug-likeness (QED) is 0.707. The minimum atomic E-state index is -0.896. The molecular weight excluding hydrogens is 291 g/mol. The monoisotopic (exact) mass is 304 g/mol. The highest BCUT2D eigenvalue weighted by atomic mass is 16.5. The number of fused-ring (bicyclic) bond motifs is 2. The van der Waals surface area contributed by atoms with E-state index >= 15 is 0 Å². The maximum Gasteiger partial charge on any atom is 0.491 e. The second kappa shape index (κ2) is 5.50. The zero-order valence-corrected chi connectivity index (χ0v) is 12.2. The van der Waals surface area contributed by atoms with E-state index in [1.54, 1.807) is 24.4 Å². The second-order valence-electron chi connectivity index (χ2n) is 5.45. The Morgan fingerprint density at radius 3 is 3.00 bits per heavy atom. The fourth-order valence-electron chi connectivity index (χ4n) is 2.71. The Labute approximate surface area is 133 Å². The van der Waals surface area contributed by atoms with Gasteiger partial charge in [-0.2, -0.15) is 0 Å². The summed E-state index contributed by atoms with van der Waals surface area (Å²) >= 11 is 0. The number of amides is 1. The van der Waals surface area contributed by atoms with Crippen LogP contribution in [-0.2, 0) is 11.3 Å². The largest absolute Gasteiger partial charge is 0.491 e. The molecule has 112 valence electrons. The first kappa shape index (κ1) is 13.9. The van der Waals surface area contributed by atoms with Gasteiger partial charge in [0.15, 0.2) is 0 Å². The van der Waals surface area contributed by atoms with E-state index in [1.165, 1.54) is 0 Å². The van der Waals surface area contributed by atoms with Gasteiger partial charge in [-0.1, -0.05) is 24.3 Å². The molecule has 1 amide bonds. The van der Waals surface area contributed by atoms with Gasteiger partial charge in [-0.05, 0) is 35.3 Å². The highest BCUT2D eigenvalue weighted by molar-refractivity contribution is 6.61. The Morgan fingerprint density at radius 2 is 2.09 bits per heavy atom. The van der Waals surface area contributed by atoms with Crippen molar-refractivity contribution in [2.24, 2.45) is 0 Å². The normalized spacial score (nSPS) is 13.2. The Bertz CT molecular complexity index is 913. The van der Waals surface area contributed by atoms with Crippen LogP contribution < -0.4 is 10.8 Å². The standard InChI is InChI=1S/C17H13BN2O3/c21-17(12-5-6-15-13(7-12)10-23-18(15)22)20-14-8-11-3-1-2-4-16(11)19-9-14/h1-9,22H,10H2,(H,20,21). The van der Waals surface area contributed by atoms with Gasteiger partial charge in [0.05, 0.1) is 24.0 Å². The summed E-state index contributed by atoms with van der Waals surface area (Å²) in [5.74, 6) is -0.216. The molecule has 0 unspecified atom stereocenters. The molecule has 0 bridgehead atoms. The maximum atomic E-state index is 12.4. The van der Waals surface area contributed by atoms with Gasteiger partial charge in [0, 0.05) is 10.9 Å². The summed E-state index contributed by atoms with van der Waals surface area (Å²) in [6.07, 6.45) is 1.64. The fraction of sp³-hybridized carbons (Fsp3) is 0.0588. The number of hydrogen-bond acceptors (Lipinski definition) is 4. The fourth-order valence-corrected chi connectivity index (χ4v) is 2.71. The predicted octanol–water partition coefficient (Wildman–Crippen LogP) is 1.70. The molecule has 0 saturated carbocycles.